The molecule has 0 fully saturated rings. The molecule has 104 valence electrons. The number of rotatable bonds is 7. The molecule has 0 heterocycles. The number of carbonyl (C=O) groups is 2. The fraction of sp³-hybridized carbons (Fsp3) is 0.385. The first-order chi connectivity index (χ1) is 9.04. The third-order valence-electron chi connectivity index (χ3n) is 2.44. The molecule has 6 nitrogen and oxygen atoms in total. The highest BCUT2D eigenvalue weighted by atomic mass is 16.5. The first-order valence-corrected chi connectivity index (χ1v) is 5.77. The van der Waals surface area contributed by atoms with Crippen molar-refractivity contribution in [1.82, 2.24) is 5.32 Å². The minimum Gasteiger partial charge on any atom is -0.497 e. The normalized spacial score (nSPS) is 10.0. The summed E-state index contributed by atoms with van der Waals surface area (Å²) in [6.45, 7) is 1.88. The topological polar surface area (TPSA) is 84.9 Å². The molecule has 1 aromatic rings. The number of carboxylic acid groups (broad SMARTS) is 1. The molecule has 2 N–H and O–H groups in total. The predicted octanol–water partition coefficient (Wildman–Crippen LogP) is 0.835. The summed E-state index contributed by atoms with van der Waals surface area (Å²) < 4.78 is 9.87. The van der Waals surface area contributed by atoms with Crippen LogP contribution in [0.1, 0.15) is 15.9 Å². The molecule has 0 bridgehead atoms. The van der Waals surface area contributed by atoms with Gasteiger partial charge in [-0.15, -0.1) is 0 Å². The van der Waals surface area contributed by atoms with E-state index in [0.717, 1.165) is 5.56 Å². The van der Waals surface area contributed by atoms with Crippen LogP contribution in [-0.2, 0) is 9.53 Å². The quantitative estimate of drug-likeness (QED) is 0.715. The van der Waals surface area contributed by atoms with E-state index < -0.39 is 5.97 Å². The summed E-state index contributed by atoms with van der Waals surface area (Å²) in [5.41, 5.74) is 1.36. The monoisotopic (exact) mass is 267 g/mol. The maximum atomic E-state index is 11.8. The van der Waals surface area contributed by atoms with E-state index in [0.29, 0.717) is 11.3 Å². The summed E-state index contributed by atoms with van der Waals surface area (Å²) in [4.78, 5) is 22.0. The number of aryl methyl sites for hydroxylation is 1. The van der Waals surface area contributed by atoms with E-state index in [9.17, 15) is 9.59 Å². The maximum Gasteiger partial charge on any atom is 0.329 e. The molecule has 0 aliphatic carbocycles. The fourth-order valence-corrected chi connectivity index (χ4v) is 1.51. The number of methoxy groups -OCH3 is 1. The van der Waals surface area contributed by atoms with Crippen molar-refractivity contribution < 1.29 is 24.2 Å². The van der Waals surface area contributed by atoms with Gasteiger partial charge in [-0.05, 0) is 30.7 Å². The van der Waals surface area contributed by atoms with E-state index in [4.69, 9.17) is 14.6 Å². The van der Waals surface area contributed by atoms with Gasteiger partial charge in [-0.2, -0.15) is 0 Å². The molecule has 1 amide bonds. The van der Waals surface area contributed by atoms with Crippen molar-refractivity contribution in [2.45, 2.75) is 6.92 Å². The Balaban J connectivity index is 2.43. The molecule has 0 aromatic heterocycles. The Bertz CT molecular complexity index is 458. The molecule has 19 heavy (non-hydrogen) atoms. The number of carbonyl (C=O) groups excluding carboxylic acids is 1. The Morgan fingerprint density at radius 2 is 2.11 bits per heavy atom. The smallest absolute Gasteiger partial charge is 0.329 e. The van der Waals surface area contributed by atoms with Crippen LogP contribution in [0.5, 0.6) is 5.75 Å². The van der Waals surface area contributed by atoms with Crippen LogP contribution in [0.25, 0.3) is 0 Å². The second-order valence-electron chi connectivity index (χ2n) is 3.88. The molecule has 1 rings (SSSR count). The van der Waals surface area contributed by atoms with Crippen LogP contribution in [0.2, 0.25) is 0 Å². The highest BCUT2D eigenvalue weighted by molar-refractivity contribution is 5.95. The summed E-state index contributed by atoms with van der Waals surface area (Å²) in [6.07, 6.45) is 0. The number of ether oxygens (including phenoxy) is 2. The van der Waals surface area contributed by atoms with Crippen molar-refractivity contribution >= 4 is 11.9 Å². The maximum absolute atomic E-state index is 11.8. The summed E-state index contributed by atoms with van der Waals surface area (Å²) >= 11 is 0. The zero-order chi connectivity index (χ0) is 14.3. The van der Waals surface area contributed by atoms with E-state index in [-0.39, 0.29) is 25.7 Å². The van der Waals surface area contributed by atoms with E-state index in [2.05, 4.69) is 5.32 Å². The molecule has 0 saturated heterocycles. The molecular weight excluding hydrogens is 250 g/mol. The van der Waals surface area contributed by atoms with Gasteiger partial charge in [0.05, 0.1) is 13.7 Å². The van der Waals surface area contributed by atoms with Gasteiger partial charge in [0.25, 0.3) is 5.91 Å². The highest BCUT2D eigenvalue weighted by Crippen LogP contribution is 2.16. The zero-order valence-corrected chi connectivity index (χ0v) is 10.9. The second kappa shape index (κ2) is 7.38. The Labute approximate surface area is 111 Å². The lowest BCUT2D eigenvalue weighted by atomic mass is 10.1. The van der Waals surface area contributed by atoms with Crippen molar-refractivity contribution in [3.8, 4) is 5.75 Å². The van der Waals surface area contributed by atoms with Gasteiger partial charge in [-0.25, -0.2) is 4.79 Å². The Morgan fingerprint density at radius 1 is 1.37 bits per heavy atom. The summed E-state index contributed by atoms with van der Waals surface area (Å²) in [5, 5.41) is 11.0. The van der Waals surface area contributed by atoms with Gasteiger partial charge in [0.15, 0.2) is 0 Å². The first kappa shape index (κ1) is 15.0. The van der Waals surface area contributed by atoms with Crippen LogP contribution in [0.15, 0.2) is 18.2 Å². The Hall–Kier alpha value is -2.08. The third-order valence-corrected chi connectivity index (χ3v) is 2.44. The lowest BCUT2D eigenvalue weighted by Gasteiger charge is -2.09. The minimum absolute atomic E-state index is 0.160. The highest BCUT2D eigenvalue weighted by Gasteiger charge is 2.09. The molecule has 6 heteroatoms. The Morgan fingerprint density at radius 3 is 2.68 bits per heavy atom. The van der Waals surface area contributed by atoms with Gasteiger partial charge < -0.3 is 19.9 Å². The van der Waals surface area contributed by atoms with Crippen LogP contribution < -0.4 is 10.1 Å². The summed E-state index contributed by atoms with van der Waals surface area (Å²) in [6, 6.07) is 5.17. The van der Waals surface area contributed by atoms with Crippen molar-refractivity contribution in [3.63, 3.8) is 0 Å². The third kappa shape index (κ3) is 4.97. The van der Waals surface area contributed by atoms with Gasteiger partial charge >= 0.3 is 5.97 Å². The summed E-state index contributed by atoms with van der Waals surface area (Å²) in [7, 11) is 1.56. The first-order valence-electron chi connectivity index (χ1n) is 5.77. The van der Waals surface area contributed by atoms with Crippen molar-refractivity contribution in [3.05, 3.63) is 29.3 Å². The second-order valence-corrected chi connectivity index (χ2v) is 3.88. The minimum atomic E-state index is -1.03. The lowest BCUT2D eigenvalue weighted by Crippen LogP contribution is -2.28. The molecule has 0 atom stereocenters. The van der Waals surface area contributed by atoms with Crippen LogP contribution in [-0.4, -0.2) is 43.9 Å². The average molecular weight is 267 g/mol. The summed E-state index contributed by atoms with van der Waals surface area (Å²) in [5.74, 6) is -0.560. The number of benzene rings is 1. The fourth-order valence-electron chi connectivity index (χ4n) is 1.51. The van der Waals surface area contributed by atoms with Crippen molar-refractivity contribution in [2.24, 2.45) is 0 Å². The number of amides is 1. The number of carboxylic acids is 1. The Kier molecular flexibility index (Phi) is 5.81. The number of hydrogen-bond acceptors (Lipinski definition) is 4. The van der Waals surface area contributed by atoms with Crippen LogP contribution in [0.3, 0.4) is 0 Å². The van der Waals surface area contributed by atoms with Crippen molar-refractivity contribution in [1.29, 1.82) is 0 Å². The number of aliphatic carboxylic acids is 1. The van der Waals surface area contributed by atoms with Gasteiger partial charge in [-0.1, -0.05) is 0 Å². The van der Waals surface area contributed by atoms with Gasteiger partial charge in [-0.3, -0.25) is 4.79 Å². The molecule has 0 unspecified atom stereocenters. The molecular formula is C13H17NO5. The van der Waals surface area contributed by atoms with Gasteiger partial charge in [0, 0.05) is 12.1 Å². The van der Waals surface area contributed by atoms with Crippen LogP contribution in [0, 0.1) is 6.92 Å². The SMILES string of the molecule is COc1ccc(C(=O)NCCOCC(=O)O)c(C)c1. The van der Waals surface area contributed by atoms with E-state index in [1.165, 1.54) is 0 Å². The number of nitrogens with one attached hydrogen (secondary N) is 1. The molecule has 0 radical (unpaired) electrons. The molecule has 1 aromatic carbocycles. The molecule has 0 aliphatic rings. The lowest BCUT2D eigenvalue weighted by molar-refractivity contribution is -0.142. The van der Waals surface area contributed by atoms with Crippen LogP contribution in [0.4, 0.5) is 0 Å². The standard InChI is InChI=1S/C13H17NO5/c1-9-7-10(18-2)3-4-11(9)13(17)14-5-6-19-8-12(15)16/h3-4,7H,5-6,8H2,1-2H3,(H,14,17)(H,15,16). The average Bonchev–Trinajstić information content (AvgIpc) is 2.37. The van der Waals surface area contributed by atoms with Gasteiger partial charge in [0.1, 0.15) is 12.4 Å². The zero-order valence-electron chi connectivity index (χ0n) is 10.9. The number of hydrogen-bond donors (Lipinski definition) is 2. The molecule has 0 aliphatic heterocycles. The van der Waals surface area contributed by atoms with E-state index >= 15 is 0 Å². The van der Waals surface area contributed by atoms with Crippen LogP contribution >= 0.6 is 0 Å². The van der Waals surface area contributed by atoms with E-state index in [1.807, 2.05) is 6.92 Å². The van der Waals surface area contributed by atoms with Gasteiger partial charge in [0.2, 0.25) is 0 Å². The molecule has 0 spiro atoms. The van der Waals surface area contributed by atoms with Crippen molar-refractivity contribution in [2.75, 3.05) is 26.9 Å². The van der Waals surface area contributed by atoms with E-state index in [1.54, 1.807) is 25.3 Å². The largest absolute Gasteiger partial charge is 0.497 e. The predicted molar refractivity (Wildman–Crippen MR) is 68.5 cm³/mol. The molecule has 0 saturated carbocycles.